The molecule has 3 aromatic rings. The molecule has 28 heavy (non-hydrogen) atoms. The lowest BCUT2D eigenvalue weighted by molar-refractivity contribution is 0.174. The molecule has 0 saturated carbocycles. The van der Waals surface area contributed by atoms with Crippen molar-refractivity contribution in [3.63, 3.8) is 0 Å². The van der Waals surface area contributed by atoms with Gasteiger partial charge in [0.05, 0.1) is 6.20 Å². The summed E-state index contributed by atoms with van der Waals surface area (Å²) in [5.41, 5.74) is 5.06. The number of benzene rings is 1. The van der Waals surface area contributed by atoms with Crippen molar-refractivity contribution < 1.29 is 9.47 Å². The van der Waals surface area contributed by atoms with Crippen molar-refractivity contribution in [3.8, 4) is 17.3 Å². The molecule has 6 nitrogen and oxygen atoms in total. The van der Waals surface area contributed by atoms with Crippen LogP contribution in [0, 0.1) is 13.8 Å². The molecule has 1 N–H and O–H groups in total. The van der Waals surface area contributed by atoms with Crippen LogP contribution < -0.4 is 14.8 Å². The molecular weight excluding hydrogens is 352 g/mol. The molecule has 0 radical (unpaired) electrons. The van der Waals surface area contributed by atoms with Crippen molar-refractivity contribution in [2.24, 2.45) is 0 Å². The van der Waals surface area contributed by atoms with Crippen molar-refractivity contribution in [3.05, 3.63) is 59.0 Å². The summed E-state index contributed by atoms with van der Waals surface area (Å²) < 4.78 is 15.2. The van der Waals surface area contributed by atoms with Gasteiger partial charge in [-0.1, -0.05) is 6.07 Å². The molecule has 1 aromatic carbocycles. The van der Waals surface area contributed by atoms with Gasteiger partial charge in [0.1, 0.15) is 5.82 Å². The summed E-state index contributed by atoms with van der Waals surface area (Å²) in [5.74, 6) is 2.81. The van der Waals surface area contributed by atoms with Gasteiger partial charge in [0.25, 0.3) is 0 Å². The van der Waals surface area contributed by atoms with Gasteiger partial charge >= 0.3 is 0 Å². The van der Waals surface area contributed by atoms with Crippen LogP contribution in [0.3, 0.4) is 0 Å². The minimum absolute atomic E-state index is 0.322. The van der Waals surface area contributed by atoms with E-state index in [2.05, 4.69) is 71.6 Å². The van der Waals surface area contributed by atoms with Gasteiger partial charge in [0.15, 0.2) is 11.5 Å². The predicted molar refractivity (Wildman–Crippen MR) is 109 cm³/mol. The van der Waals surface area contributed by atoms with E-state index in [0.717, 1.165) is 36.8 Å². The van der Waals surface area contributed by atoms with Crippen molar-refractivity contribution >= 4 is 0 Å². The van der Waals surface area contributed by atoms with E-state index in [1.165, 1.54) is 22.5 Å². The fourth-order valence-corrected chi connectivity index (χ4v) is 3.80. The zero-order valence-corrected chi connectivity index (χ0v) is 17.0. The summed E-state index contributed by atoms with van der Waals surface area (Å²) in [6, 6.07) is 10.8. The number of aromatic nitrogens is 3. The largest absolute Gasteiger partial charge is 0.454 e. The van der Waals surface area contributed by atoms with E-state index >= 15 is 0 Å². The highest BCUT2D eigenvalue weighted by Gasteiger charge is 2.15. The highest BCUT2D eigenvalue weighted by atomic mass is 16.7. The van der Waals surface area contributed by atoms with Crippen LogP contribution in [0.25, 0.3) is 5.82 Å². The molecule has 0 amide bonds. The lowest BCUT2D eigenvalue weighted by Crippen LogP contribution is -2.17. The first-order chi connectivity index (χ1) is 13.5. The lowest BCUT2D eigenvalue weighted by Gasteiger charge is -2.15. The summed E-state index contributed by atoms with van der Waals surface area (Å²) in [6.07, 6.45) is 2.83. The molecule has 0 spiro atoms. The first kappa shape index (κ1) is 18.6. The summed E-state index contributed by atoms with van der Waals surface area (Å²) in [5, 5.41) is 8.05. The van der Waals surface area contributed by atoms with Gasteiger partial charge in [-0.15, -0.1) is 0 Å². The maximum Gasteiger partial charge on any atom is 0.231 e. The summed E-state index contributed by atoms with van der Waals surface area (Å²) >= 11 is 0. The van der Waals surface area contributed by atoms with Crippen LogP contribution in [0.5, 0.6) is 11.5 Å². The highest BCUT2D eigenvalue weighted by Crippen LogP contribution is 2.32. The fraction of sp³-hybridized carbons (Fsp3) is 0.409. The fourth-order valence-electron chi connectivity index (χ4n) is 3.80. The Morgan fingerprint density at radius 2 is 1.93 bits per heavy atom. The molecule has 0 unspecified atom stereocenters. The molecule has 0 atom stereocenters. The van der Waals surface area contributed by atoms with E-state index in [-0.39, 0.29) is 0 Å². The molecule has 1 aliphatic heterocycles. The molecule has 4 rings (SSSR count). The number of nitrogens with one attached hydrogen (secondary N) is 1. The molecule has 0 saturated heterocycles. The third kappa shape index (κ3) is 3.52. The van der Waals surface area contributed by atoms with Crippen LogP contribution in [-0.4, -0.2) is 27.7 Å². The van der Waals surface area contributed by atoms with Crippen molar-refractivity contribution in [1.82, 2.24) is 19.7 Å². The third-order valence-electron chi connectivity index (χ3n) is 5.25. The zero-order valence-electron chi connectivity index (χ0n) is 17.0. The van der Waals surface area contributed by atoms with Crippen molar-refractivity contribution in [2.75, 3.05) is 13.3 Å². The van der Waals surface area contributed by atoms with Gasteiger partial charge in [0, 0.05) is 30.0 Å². The van der Waals surface area contributed by atoms with Crippen LogP contribution in [-0.2, 0) is 13.0 Å². The Kier molecular flexibility index (Phi) is 5.13. The quantitative estimate of drug-likeness (QED) is 0.631. The number of hydrogen-bond acceptors (Lipinski definition) is 4. The Bertz CT molecular complexity index is 971. The molecule has 2 aromatic heterocycles. The van der Waals surface area contributed by atoms with Crippen LogP contribution in [0.1, 0.15) is 42.4 Å². The monoisotopic (exact) mass is 380 g/mol. The second-order valence-corrected chi connectivity index (χ2v) is 7.57. The number of fused-ring (bicyclic) bond motifs is 1. The molecule has 0 bridgehead atoms. The van der Waals surface area contributed by atoms with Crippen LogP contribution in [0.15, 0.2) is 36.5 Å². The summed E-state index contributed by atoms with van der Waals surface area (Å²) in [7, 11) is 0. The number of rotatable bonds is 7. The Hall–Kier alpha value is -2.73. The topological polar surface area (TPSA) is 53.2 Å². The van der Waals surface area contributed by atoms with E-state index < -0.39 is 0 Å². The summed E-state index contributed by atoms with van der Waals surface area (Å²) in [4.78, 5) is 0. The van der Waals surface area contributed by atoms with E-state index in [9.17, 15) is 0 Å². The molecule has 148 valence electrons. The third-order valence-corrected chi connectivity index (χ3v) is 5.25. The number of ether oxygens (including phenoxy) is 2. The maximum atomic E-state index is 5.46. The number of nitrogens with zero attached hydrogens (tertiary/aromatic N) is 3. The SMILES string of the molecule is Cc1cc(CNCCc2ccc3c(c2)OCO3)c(C)n1-c1ccnn1C(C)C. The lowest BCUT2D eigenvalue weighted by atomic mass is 10.1. The Balaban J connectivity index is 1.40. The Labute approximate surface area is 166 Å². The molecule has 0 aliphatic carbocycles. The van der Waals surface area contributed by atoms with Gasteiger partial charge in [-0.25, -0.2) is 4.68 Å². The number of aryl methyl sites for hydroxylation is 1. The Morgan fingerprint density at radius 1 is 1.11 bits per heavy atom. The van der Waals surface area contributed by atoms with E-state index in [1.54, 1.807) is 0 Å². The molecular formula is C22H28N4O2. The normalized spacial score (nSPS) is 12.9. The molecule has 6 heteroatoms. The average Bonchev–Trinajstić information content (AvgIpc) is 3.37. The van der Waals surface area contributed by atoms with Gasteiger partial charge in [-0.3, -0.25) is 0 Å². The standard InChI is InChI=1S/C22H28N4O2/c1-15(2)26-22(8-10-24-26)25-16(3)11-19(17(25)4)13-23-9-7-18-5-6-20-21(12-18)28-14-27-20/h5-6,8,10-12,15,23H,7,9,13-14H2,1-4H3. The maximum absolute atomic E-state index is 5.46. The highest BCUT2D eigenvalue weighted by molar-refractivity contribution is 5.44. The van der Waals surface area contributed by atoms with Crippen molar-refractivity contribution in [1.29, 1.82) is 0 Å². The van der Waals surface area contributed by atoms with Gasteiger partial charge in [0.2, 0.25) is 6.79 Å². The average molecular weight is 380 g/mol. The molecule has 3 heterocycles. The Morgan fingerprint density at radius 3 is 2.75 bits per heavy atom. The van der Waals surface area contributed by atoms with E-state index in [4.69, 9.17) is 9.47 Å². The zero-order chi connectivity index (χ0) is 19.7. The smallest absolute Gasteiger partial charge is 0.231 e. The minimum atomic E-state index is 0.322. The second-order valence-electron chi connectivity index (χ2n) is 7.57. The molecule has 0 fully saturated rings. The molecule has 1 aliphatic rings. The van der Waals surface area contributed by atoms with Crippen LogP contribution in [0.2, 0.25) is 0 Å². The van der Waals surface area contributed by atoms with E-state index in [0.29, 0.717) is 12.8 Å². The first-order valence-corrected chi connectivity index (χ1v) is 9.85. The second kappa shape index (κ2) is 7.72. The van der Waals surface area contributed by atoms with Crippen LogP contribution in [0.4, 0.5) is 0 Å². The van der Waals surface area contributed by atoms with Gasteiger partial charge in [-0.2, -0.15) is 5.10 Å². The van der Waals surface area contributed by atoms with Crippen molar-refractivity contribution in [2.45, 2.75) is 46.7 Å². The first-order valence-electron chi connectivity index (χ1n) is 9.85. The minimum Gasteiger partial charge on any atom is -0.454 e. The number of hydrogen-bond donors (Lipinski definition) is 1. The van der Waals surface area contributed by atoms with Crippen LogP contribution >= 0.6 is 0 Å². The van der Waals surface area contributed by atoms with Gasteiger partial charge < -0.3 is 19.4 Å². The van der Waals surface area contributed by atoms with E-state index in [1.807, 2.05) is 12.3 Å². The predicted octanol–water partition coefficient (Wildman–Crippen LogP) is 3.93. The summed E-state index contributed by atoms with van der Waals surface area (Å²) in [6.45, 7) is 10.7. The van der Waals surface area contributed by atoms with Gasteiger partial charge in [-0.05, 0) is 70.0 Å².